The van der Waals surface area contributed by atoms with Crippen molar-refractivity contribution in [3.05, 3.63) is 83.0 Å². The number of pyridine rings is 1. The zero-order chi connectivity index (χ0) is 32.8. The van der Waals surface area contributed by atoms with Gasteiger partial charge in [0.15, 0.2) is 6.29 Å². The summed E-state index contributed by atoms with van der Waals surface area (Å²) in [6.07, 6.45) is 7.76. The average molecular weight is 637 g/mol. The van der Waals surface area contributed by atoms with Gasteiger partial charge in [-0.15, -0.1) is 0 Å². The van der Waals surface area contributed by atoms with Crippen molar-refractivity contribution < 1.29 is 14.4 Å². The lowest BCUT2D eigenvalue weighted by molar-refractivity contribution is -0.121. The largest absolute Gasteiger partial charge is 0.393 e. The first kappa shape index (κ1) is 30.5. The molecule has 7 rings (SSSR count). The maximum atomic E-state index is 13.0. The highest BCUT2D eigenvalue weighted by molar-refractivity contribution is 5.96. The maximum absolute atomic E-state index is 13.0. The molecule has 47 heavy (non-hydrogen) atoms. The first-order valence-electron chi connectivity index (χ1n) is 16.1. The lowest BCUT2D eigenvalue weighted by Gasteiger charge is -2.44. The van der Waals surface area contributed by atoms with Crippen LogP contribution >= 0.6 is 0 Å². The molecular formula is C34H40N10O3. The third-order valence-corrected chi connectivity index (χ3v) is 9.35. The molecule has 4 aliphatic rings. The van der Waals surface area contributed by atoms with Gasteiger partial charge in [0.25, 0.3) is 5.91 Å². The molecule has 7 N–H and O–H groups in total. The molecule has 2 saturated carbocycles. The van der Waals surface area contributed by atoms with Gasteiger partial charge in [0.05, 0.1) is 47.2 Å². The fraction of sp³-hybridized carbons (Fsp3) is 0.382. The van der Waals surface area contributed by atoms with Crippen molar-refractivity contribution in [1.82, 2.24) is 30.3 Å². The molecular weight excluding hydrogens is 596 g/mol. The zero-order valence-electron chi connectivity index (χ0n) is 26.6. The van der Waals surface area contributed by atoms with E-state index in [9.17, 15) is 14.4 Å². The minimum Gasteiger partial charge on any atom is -0.393 e. The Morgan fingerprint density at radius 1 is 1.04 bits per heavy atom. The smallest absolute Gasteiger partial charge is 0.269 e. The number of rotatable bonds is 11. The van der Waals surface area contributed by atoms with E-state index in [-0.39, 0.29) is 47.4 Å². The highest BCUT2D eigenvalue weighted by Crippen LogP contribution is 2.44. The van der Waals surface area contributed by atoms with Gasteiger partial charge in [-0.3, -0.25) is 24.0 Å². The number of fused-ring (bicyclic) bond motifs is 3. The molecule has 3 fully saturated rings. The van der Waals surface area contributed by atoms with Crippen molar-refractivity contribution in [3.8, 4) is 11.1 Å². The van der Waals surface area contributed by atoms with Crippen LogP contribution in [0.3, 0.4) is 0 Å². The number of benzene rings is 1. The fourth-order valence-corrected chi connectivity index (χ4v) is 6.30. The molecule has 13 heteroatoms. The number of hydrogen-bond donors (Lipinski definition) is 5. The summed E-state index contributed by atoms with van der Waals surface area (Å²) in [4.78, 5) is 45.6. The van der Waals surface area contributed by atoms with Crippen LogP contribution in [0, 0.1) is 5.92 Å². The Morgan fingerprint density at radius 3 is 2.53 bits per heavy atom. The van der Waals surface area contributed by atoms with Crippen LogP contribution < -0.4 is 32.3 Å². The van der Waals surface area contributed by atoms with Gasteiger partial charge >= 0.3 is 0 Å². The molecule has 0 spiro atoms. The Hall–Kier alpha value is -5.17. The second kappa shape index (κ2) is 12.2. The van der Waals surface area contributed by atoms with E-state index in [0.717, 1.165) is 78.9 Å². The molecule has 2 aromatic heterocycles. The van der Waals surface area contributed by atoms with E-state index >= 15 is 0 Å². The SMILES string of the molecule is CC(c1cccc(C=O)n1)N1CC(n2ncc3c2CN(C)c2c(NC(/C=C(\N)NC(=O)C4CC4)=C(/N)C(=O)NC4CC4)cccc2-3)C1. The Balaban J connectivity index is 1.13. The molecule has 3 aromatic rings. The highest BCUT2D eigenvalue weighted by Gasteiger charge is 2.37. The van der Waals surface area contributed by atoms with E-state index in [0.29, 0.717) is 17.9 Å². The van der Waals surface area contributed by atoms with Gasteiger partial charge in [-0.05, 0) is 50.8 Å². The van der Waals surface area contributed by atoms with Gasteiger partial charge in [0.1, 0.15) is 17.2 Å². The molecule has 1 atom stereocenters. The molecule has 244 valence electrons. The van der Waals surface area contributed by atoms with Crippen LogP contribution in [0.4, 0.5) is 11.4 Å². The van der Waals surface area contributed by atoms with Crippen molar-refractivity contribution in [2.75, 3.05) is 30.4 Å². The number of aldehydes is 1. The van der Waals surface area contributed by atoms with Gasteiger partial charge in [-0.1, -0.05) is 18.2 Å². The van der Waals surface area contributed by atoms with Crippen molar-refractivity contribution >= 4 is 29.5 Å². The number of aromatic nitrogens is 3. The Kier molecular flexibility index (Phi) is 7.92. The van der Waals surface area contributed by atoms with Crippen LogP contribution in [0.2, 0.25) is 0 Å². The molecule has 2 aliphatic carbocycles. The van der Waals surface area contributed by atoms with E-state index in [1.54, 1.807) is 6.07 Å². The predicted octanol–water partition coefficient (Wildman–Crippen LogP) is 2.51. The van der Waals surface area contributed by atoms with Crippen molar-refractivity contribution in [2.45, 2.75) is 57.3 Å². The number of hydrogen-bond acceptors (Lipinski definition) is 10. The monoisotopic (exact) mass is 636 g/mol. The average Bonchev–Trinajstić information content (AvgIpc) is 3.98. The number of nitrogens with one attached hydrogen (secondary N) is 3. The highest BCUT2D eigenvalue weighted by atomic mass is 16.2. The van der Waals surface area contributed by atoms with Gasteiger partial charge in [-0.2, -0.15) is 5.10 Å². The number of carbonyl (C=O) groups excluding carboxylic acids is 3. The lowest BCUT2D eigenvalue weighted by atomic mass is 9.97. The van der Waals surface area contributed by atoms with E-state index in [1.807, 2.05) is 37.5 Å². The summed E-state index contributed by atoms with van der Waals surface area (Å²) in [7, 11) is 2.03. The number of allylic oxidation sites excluding steroid dienone is 1. The number of amides is 2. The standard InChI is InChI=1S/C34H40N10O3/c1-19(26-7-3-5-22(18-45)38-26)43-15-23(16-43)44-29-17-42(2)32-24(25(29)14-37-44)6-4-8-27(32)40-28(31(36)34(47)39-21-11-12-21)13-30(35)41-33(46)20-9-10-20/h3-8,13-14,18-21,23,40H,9-12,15-17,35-36H2,1-2H3,(H,39,47)(H,41,46)/b30-13+,31-28+. The summed E-state index contributed by atoms with van der Waals surface area (Å²) in [5.74, 6) is -0.422. The number of nitrogens with zero attached hydrogens (tertiary/aromatic N) is 5. The van der Waals surface area contributed by atoms with E-state index in [1.165, 1.54) is 6.08 Å². The minimum absolute atomic E-state index is 0.0121. The first-order valence-corrected chi connectivity index (χ1v) is 16.1. The quantitative estimate of drug-likeness (QED) is 0.119. The van der Waals surface area contributed by atoms with Gasteiger partial charge in [0, 0.05) is 55.3 Å². The summed E-state index contributed by atoms with van der Waals surface area (Å²) in [6.45, 7) is 4.38. The normalized spacial score (nSPS) is 19.1. The fourth-order valence-electron chi connectivity index (χ4n) is 6.30. The topological polar surface area (TPSA) is 177 Å². The Bertz CT molecular complexity index is 1800. The molecule has 0 bridgehead atoms. The molecule has 13 nitrogen and oxygen atoms in total. The molecule has 1 saturated heterocycles. The van der Waals surface area contributed by atoms with Crippen LogP contribution in [0.1, 0.15) is 66.6 Å². The third-order valence-electron chi connectivity index (χ3n) is 9.35. The van der Waals surface area contributed by atoms with Gasteiger partial charge in [0.2, 0.25) is 5.91 Å². The summed E-state index contributed by atoms with van der Waals surface area (Å²) in [5.41, 5.74) is 19.1. The van der Waals surface area contributed by atoms with E-state index in [2.05, 4.69) is 48.4 Å². The number of anilines is 2. The molecule has 2 amide bonds. The summed E-state index contributed by atoms with van der Waals surface area (Å²) >= 11 is 0. The molecule has 4 heterocycles. The summed E-state index contributed by atoms with van der Waals surface area (Å²) in [6, 6.07) is 11.9. The second-order valence-corrected chi connectivity index (χ2v) is 13.0. The number of carbonyl (C=O) groups is 3. The van der Waals surface area contributed by atoms with Crippen molar-refractivity contribution in [2.24, 2.45) is 17.4 Å². The van der Waals surface area contributed by atoms with Crippen LogP contribution in [0.25, 0.3) is 11.1 Å². The lowest BCUT2D eigenvalue weighted by Crippen LogP contribution is -2.49. The predicted molar refractivity (Wildman–Crippen MR) is 178 cm³/mol. The summed E-state index contributed by atoms with van der Waals surface area (Å²) in [5, 5.41) is 13.9. The first-order chi connectivity index (χ1) is 22.7. The number of likely N-dealkylation sites (tertiary alicyclic amines) is 1. The van der Waals surface area contributed by atoms with Gasteiger partial charge < -0.3 is 32.3 Å². The Labute approximate surface area is 273 Å². The Morgan fingerprint density at radius 2 is 1.81 bits per heavy atom. The van der Waals surface area contributed by atoms with Crippen LogP contribution in [-0.4, -0.2) is 63.9 Å². The third kappa shape index (κ3) is 6.18. The van der Waals surface area contributed by atoms with Crippen LogP contribution in [0.5, 0.6) is 0 Å². The molecule has 1 aromatic carbocycles. The van der Waals surface area contributed by atoms with Crippen molar-refractivity contribution in [1.29, 1.82) is 0 Å². The van der Waals surface area contributed by atoms with Crippen molar-refractivity contribution in [3.63, 3.8) is 0 Å². The minimum atomic E-state index is -0.384. The molecule has 2 aliphatic heterocycles. The van der Waals surface area contributed by atoms with E-state index < -0.39 is 0 Å². The van der Waals surface area contributed by atoms with Gasteiger partial charge in [-0.25, -0.2) is 4.98 Å². The molecule has 0 radical (unpaired) electrons. The second-order valence-electron chi connectivity index (χ2n) is 13.0. The number of nitrogens with two attached hydrogens (primary N) is 2. The van der Waals surface area contributed by atoms with Crippen LogP contribution in [-0.2, 0) is 16.1 Å². The number of para-hydroxylation sites is 1. The summed E-state index contributed by atoms with van der Waals surface area (Å²) < 4.78 is 2.13. The zero-order valence-corrected chi connectivity index (χ0v) is 26.6. The molecule has 1 unspecified atom stereocenters. The van der Waals surface area contributed by atoms with E-state index in [4.69, 9.17) is 16.6 Å². The van der Waals surface area contributed by atoms with Crippen LogP contribution in [0.15, 0.2) is 65.9 Å². The maximum Gasteiger partial charge on any atom is 0.269 e.